The van der Waals surface area contributed by atoms with Gasteiger partial charge in [0.25, 0.3) is 5.91 Å². The number of carbonyl (C=O) groups excluding carboxylic acids is 1. The molecule has 1 heterocycles. The van der Waals surface area contributed by atoms with E-state index in [2.05, 4.69) is 5.32 Å². The number of hydrogen-bond acceptors (Lipinski definition) is 4. The predicted octanol–water partition coefficient (Wildman–Crippen LogP) is 1.78. The first kappa shape index (κ1) is 15.6. The molecule has 1 fully saturated rings. The highest BCUT2D eigenvalue weighted by molar-refractivity contribution is 5.97. The average molecular weight is 292 g/mol. The Bertz CT molecular complexity index is 482. The van der Waals surface area contributed by atoms with Crippen molar-refractivity contribution >= 4 is 5.91 Å². The molecule has 0 unspecified atom stereocenters. The number of likely N-dealkylation sites (tertiary alicyclic amines) is 1. The van der Waals surface area contributed by atoms with Gasteiger partial charge in [0.15, 0.2) is 0 Å². The van der Waals surface area contributed by atoms with Crippen LogP contribution in [0.15, 0.2) is 18.2 Å². The van der Waals surface area contributed by atoms with E-state index < -0.39 is 0 Å². The van der Waals surface area contributed by atoms with Crippen LogP contribution in [-0.2, 0) is 0 Å². The lowest BCUT2D eigenvalue weighted by Crippen LogP contribution is -2.40. The Hall–Kier alpha value is -1.75. The molecule has 1 aromatic rings. The van der Waals surface area contributed by atoms with Crippen LogP contribution >= 0.6 is 0 Å². The van der Waals surface area contributed by atoms with Crippen LogP contribution in [0.1, 0.15) is 23.2 Å². The molecule has 5 nitrogen and oxygen atoms in total. The van der Waals surface area contributed by atoms with Gasteiger partial charge in [0.1, 0.15) is 11.5 Å². The van der Waals surface area contributed by atoms with Crippen LogP contribution < -0.4 is 14.8 Å². The quantitative estimate of drug-likeness (QED) is 0.899. The van der Waals surface area contributed by atoms with E-state index >= 15 is 0 Å². The second kappa shape index (κ2) is 7.31. The molecule has 0 bridgehead atoms. The maximum atomic E-state index is 12.6. The summed E-state index contributed by atoms with van der Waals surface area (Å²) in [6.07, 6.45) is 2.09. The van der Waals surface area contributed by atoms with Crippen molar-refractivity contribution in [1.82, 2.24) is 10.2 Å². The number of rotatable bonds is 5. The van der Waals surface area contributed by atoms with Crippen molar-refractivity contribution < 1.29 is 14.3 Å². The number of nitrogens with zero attached hydrogens (tertiary/aromatic N) is 1. The minimum Gasteiger partial charge on any atom is -0.497 e. The van der Waals surface area contributed by atoms with Gasteiger partial charge in [-0.15, -0.1) is 0 Å². The Balaban J connectivity index is 2.07. The molecule has 1 aliphatic heterocycles. The summed E-state index contributed by atoms with van der Waals surface area (Å²) in [7, 11) is 5.15. The van der Waals surface area contributed by atoms with E-state index in [1.54, 1.807) is 32.4 Å². The van der Waals surface area contributed by atoms with Gasteiger partial charge in [0.2, 0.25) is 0 Å². The summed E-state index contributed by atoms with van der Waals surface area (Å²) in [5.74, 6) is 1.96. The van der Waals surface area contributed by atoms with E-state index in [-0.39, 0.29) is 5.91 Å². The van der Waals surface area contributed by atoms with Crippen molar-refractivity contribution in [2.24, 2.45) is 5.92 Å². The molecular formula is C16H24N2O3. The third-order valence-corrected chi connectivity index (χ3v) is 4.03. The minimum atomic E-state index is 0.0393. The lowest BCUT2D eigenvalue weighted by Gasteiger charge is -2.32. The second-order valence-corrected chi connectivity index (χ2v) is 5.36. The first-order valence-electron chi connectivity index (χ1n) is 7.35. The molecule has 1 aliphatic rings. The molecular weight excluding hydrogens is 268 g/mol. The van der Waals surface area contributed by atoms with Gasteiger partial charge in [-0.05, 0) is 44.5 Å². The number of piperidine rings is 1. The molecule has 2 rings (SSSR count). The summed E-state index contributed by atoms with van der Waals surface area (Å²) in [5, 5.41) is 3.21. The average Bonchev–Trinajstić information content (AvgIpc) is 2.54. The molecule has 0 spiro atoms. The third kappa shape index (κ3) is 3.67. The lowest BCUT2D eigenvalue weighted by atomic mass is 9.96. The zero-order valence-electron chi connectivity index (χ0n) is 13.0. The van der Waals surface area contributed by atoms with Crippen LogP contribution in [0.25, 0.3) is 0 Å². The highest BCUT2D eigenvalue weighted by Crippen LogP contribution is 2.27. The molecule has 0 aliphatic carbocycles. The SMILES string of the molecule is CNCC1CCN(C(=O)c2ccc(OC)cc2OC)CC1. The maximum absolute atomic E-state index is 12.6. The van der Waals surface area contributed by atoms with Gasteiger partial charge in [0.05, 0.1) is 19.8 Å². The molecule has 0 aromatic heterocycles. The van der Waals surface area contributed by atoms with Crippen molar-refractivity contribution in [2.75, 3.05) is 40.9 Å². The van der Waals surface area contributed by atoms with Crippen LogP contribution in [0, 0.1) is 5.92 Å². The molecule has 1 saturated heterocycles. The summed E-state index contributed by atoms with van der Waals surface area (Å²) in [5.41, 5.74) is 0.602. The summed E-state index contributed by atoms with van der Waals surface area (Å²) < 4.78 is 10.5. The van der Waals surface area contributed by atoms with Gasteiger partial charge in [-0.3, -0.25) is 4.79 Å². The summed E-state index contributed by atoms with van der Waals surface area (Å²) >= 11 is 0. The van der Waals surface area contributed by atoms with Crippen LogP contribution in [0.2, 0.25) is 0 Å². The molecule has 0 saturated carbocycles. The zero-order chi connectivity index (χ0) is 15.2. The van der Waals surface area contributed by atoms with Gasteiger partial charge in [0, 0.05) is 19.2 Å². The highest BCUT2D eigenvalue weighted by atomic mass is 16.5. The summed E-state index contributed by atoms with van der Waals surface area (Å²) in [4.78, 5) is 14.5. The van der Waals surface area contributed by atoms with E-state index in [4.69, 9.17) is 9.47 Å². The molecule has 1 N–H and O–H groups in total. The Kier molecular flexibility index (Phi) is 5.44. The smallest absolute Gasteiger partial charge is 0.257 e. The number of methoxy groups -OCH3 is 2. The van der Waals surface area contributed by atoms with E-state index in [9.17, 15) is 4.79 Å². The van der Waals surface area contributed by atoms with Crippen molar-refractivity contribution in [3.63, 3.8) is 0 Å². The number of hydrogen-bond donors (Lipinski definition) is 1. The highest BCUT2D eigenvalue weighted by Gasteiger charge is 2.25. The van der Waals surface area contributed by atoms with E-state index in [0.29, 0.717) is 23.0 Å². The van der Waals surface area contributed by atoms with Crippen molar-refractivity contribution in [3.05, 3.63) is 23.8 Å². The Labute approximate surface area is 126 Å². The molecule has 0 atom stereocenters. The van der Waals surface area contributed by atoms with Gasteiger partial charge in [-0.1, -0.05) is 0 Å². The van der Waals surface area contributed by atoms with Crippen molar-refractivity contribution in [1.29, 1.82) is 0 Å². The molecule has 1 aromatic carbocycles. The van der Waals surface area contributed by atoms with E-state index in [0.717, 1.165) is 32.5 Å². The fourth-order valence-electron chi connectivity index (χ4n) is 2.77. The molecule has 1 amide bonds. The van der Waals surface area contributed by atoms with E-state index in [1.165, 1.54) is 0 Å². The first-order valence-corrected chi connectivity index (χ1v) is 7.35. The summed E-state index contributed by atoms with van der Waals surface area (Å²) in [6, 6.07) is 5.32. The van der Waals surface area contributed by atoms with Crippen LogP contribution in [0.4, 0.5) is 0 Å². The van der Waals surface area contributed by atoms with Gasteiger partial charge in [-0.25, -0.2) is 0 Å². The summed E-state index contributed by atoms with van der Waals surface area (Å²) in [6.45, 7) is 2.63. The lowest BCUT2D eigenvalue weighted by molar-refractivity contribution is 0.0687. The third-order valence-electron chi connectivity index (χ3n) is 4.03. The van der Waals surface area contributed by atoms with E-state index in [1.807, 2.05) is 11.9 Å². The van der Waals surface area contributed by atoms with Gasteiger partial charge >= 0.3 is 0 Å². The molecule has 21 heavy (non-hydrogen) atoms. The number of carbonyl (C=O) groups is 1. The normalized spacial score (nSPS) is 15.9. The largest absolute Gasteiger partial charge is 0.497 e. The van der Waals surface area contributed by atoms with Crippen molar-refractivity contribution in [3.8, 4) is 11.5 Å². The topological polar surface area (TPSA) is 50.8 Å². The Morgan fingerprint density at radius 3 is 2.57 bits per heavy atom. The fourth-order valence-corrected chi connectivity index (χ4v) is 2.77. The molecule has 0 radical (unpaired) electrons. The standard InChI is InChI=1S/C16H24N2O3/c1-17-11-12-6-8-18(9-7-12)16(19)14-5-4-13(20-2)10-15(14)21-3/h4-5,10,12,17H,6-9,11H2,1-3H3. The second-order valence-electron chi connectivity index (χ2n) is 5.36. The molecule has 5 heteroatoms. The van der Waals surface area contributed by atoms with Crippen LogP contribution in [0.3, 0.4) is 0 Å². The van der Waals surface area contributed by atoms with Crippen LogP contribution in [0.5, 0.6) is 11.5 Å². The zero-order valence-corrected chi connectivity index (χ0v) is 13.0. The van der Waals surface area contributed by atoms with Crippen LogP contribution in [-0.4, -0.2) is 51.7 Å². The number of nitrogens with one attached hydrogen (secondary N) is 1. The predicted molar refractivity (Wildman–Crippen MR) is 82.1 cm³/mol. The number of ether oxygens (including phenoxy) is 2. The number of amides is 1. The fraction of sp³-hybridized carbons (Fsp3) is 0.562. The number of benzene rings is 1. The minimum absolute atomic E-state index is 0.0393. The monoisotopic (exact) mass is 292 g/mol. The van der Waals surface area contributed by atoms with Gasteiger partial charge < -0.3 is 19.7 Å². The Morgan fingerprint density at radius 2 is 2.00 bits per heavy atom. The molecule has 116 valence electrons. The van der Waals surface area contributed by atoms with Crippen molar-refractivity contribution in [2.45, 2.75) is 12.8 Å². The van der Waals surface area contributed by atoms with Gasteiger partial charge in [-0.2, -0.15) is 0 Å². The first-order chi connectivity index (χ1) is 10.2. The maximum Gasteiger partial charge on any atom is 0.257 e. The Morgan fingerprint density at radius 1 is 1.29 bits per heavy atom.